The molecule has 2 aliphatic heterocycles. The van der Waals surface area contributed by atoms with Gasteiger partial charge in [-0.1, -0.05) is 53.7 Å². The lowest BCUT2D eigenvalue weighted by Crippen LogP contribution is -2.29. The van der Waals surface area contributed by atoms with Gasteiger partial charge in [0.1, 0.15) is 0 Å². The highest BCUT2D eigenvalue weighted by molar-refractivity contribution is 8.14. The van der Waals surface area contributed by atoms with Crippen LogP contribution in [0.4, 0.5) is 11.4 Å². The third kappa shape index (κ3) is 3.27. The molecule has 126 valence electrons. The van der Waals surface area contributed by atoms with Crippen LogP contribution < -0.4 is 5.32 Å². The van der Waals surface area contributed by atoms with Gasteiger partial charge in [0, 0.05) is 18.2 Å². The zero-order valence-electron chi connectivity index (χ0n) is 13.2. The van der Waals surface area contributed by atoms with E-state index in [9.17, 15) is 4.79 Å². The van der Waals surface area contributed by atoms with Crippen molar-refractivity contribution in [2.24, 2.45) is 10.1 Å². The predicted octanol–water partition coefficient (Wildman–Crippen LogP) is 4.45. The van der Waals surface area contributed by atoms with Crippen LogP contribution in [0.2, 0.25) is 5.02 Å². The van der Waals surface area contributed by atoms with Crippen molar-refractivity contribution in [2.75, 3.05) is 11.1 Å². The van der Waals surface area contributed by atoms with Crippen LogP contribution in [0.1, 0.15) is 18.0 Å². The van der Waals surface area contributed by atoms with Gasteiger partial charge in [-0.25, -0.2) is 10.0 Å². The topological polar surface area (TPSA) is 57.1 Å². The van der Waals surface area contributed by atoms with Gasteiger partial charge in [-0.2, -0.15) is 5.10 Å². The van der Waals surface area contributed by atoms with Gasteiger partial charge in [-0.15, -0.1) is 0 Å². The quantitative estimate of drug-likeness (QED) is 0.868. The number of amidine groups is 1. The van der Waals surface area contributed by atoms with Gasteiger partial charge in [-0.05, 0) is 18.2 Å². The molecule has 5 nitrogen and oxygen atoms in total. The first-order valence-electron chi connectivity index (χ1n) is 7.89. The molecule has 4 rings (SSSR count). The summed E-state index contributed by atoms with van der Waals surface area (Å²) in [6.07, 6.45) is 2.75. The molecule has 0 bridgehead atoms. The number of thioether (sulfide) groups is 1. The smallest absolute Gasteiger partial charge is 0.234 e. The minimum absolute atomic E-state index is 0.126. The van der Waals surface area contributed by atoms with Crippen molar-refractivity contribution < 1.29 is 4.79 Å². The van der Waals surface area contributed by atoms with E-state index in [1.165, 1.54) is 17.3 Å². The highest BCUT2D eigenvalue weighted by Gasteiger charge is 2.32. The third-order valence-electron chi connectivity index (χ3n) is 4.02. The van der Waals surface area contributed by atoms with Gasteiger partial charge in [0.2, 0.25) is 5.91 Å². The molecule has 2 aliphatic rings. The summed E-state index contributed by atoms with van der Waals surface area (Å²) >= 11 is 7.45. The van der Waals surface area contributed by atoms with Crippen molar-refractivity contribution in [2.45, 2.75) is 12.5 Å². The maximum absolute atomic E-state index is 12.2. The van der Waals surface area contributed by atoms with Gasteiger partial charge in [0.25, 0.3) is 0 Å². The number of aliphatic imine (C=N–C) groups is 1. The Morgan fingerprint density at radius 3 is 2.92 bits per heavy atom. The maximum atomic E-state index is 12.2. The fourth-order valence-corrected chi connectivity index (χ4v) is 3.84. The second-order valence-corrected chi connectivity index (χ2v) is 7.01. The van der Waals surface area contributed by atoms with E-state index in [0.29, 0.717) is 10.7 Å². The summed E-state index contributed by atoms with van der Waals surface area (Å²) in [6, 6.07) is 15.4. The summed E-state index contributed by atoms with van der Waals surface area (Å²) in [5, 5.41) is 10.4. The molecule has 2 heterocycles. The van der Waals surface area contributed by atoms with E-state index in [-0.39, 0.29) is 17.7 Å². The Morgan fingerprint density at radius 2 is 2.04 bits per heavy atom. The SMILES string of the molecule is O=C(CSC1=Nc2ccccc2C2CC=NN12)Nc1ccccc1Cl. The Morgan fingerprint density at radius 1 is 1.24 bits per heavy atom. The number of hydrogen-bond donors (Lipinski definition) is 1. The number of amides is 1. The van der Waals surface area contributed by atoms with Crippen molar-refractivity contribution in [1.29, 1.82) is 0 Å². The zero-order valence-corrected chi connectivity index (χ0v) is 14.8. The molecule has 1 unspecified atom stereocenters. The molecule has 0 spiro atoms. The van der Waals surface area contributed by atoms with Crippen LogP contribution in [-0.2, 0) is 4.79 Å². The van der Waals surface area contributed by atoms with E-state index in [4.69, 9.17) is 11.6 Å². The van der Waals surface area contributed by atoms with E-state index in [2.05, 4.69) is 21.5 Å². The molecule has 1 atom stereocenters. The lowest BCUT2D eigenvalue weighted by atomic mass is 10.0. The molecule has 0 aromatic heterocycles. The highest BCUT2D eigenvalue weighted by atomic mass is 35.5. The van der Waals surface area contributed by atoms with Gasteiger partial charge in [0.15, 0.2) is 5.17 Å². The first-order valence-corrected chi connectivity index (χ1v) is 9.25. The van der Waals surface area contributed by atoms with Crippen LogP contribution in [0.3, 0.4) is 0 Å². The van der Waals surface area contributed by atoms with Gasteiger partial charge in [0.05, 0.1) is 28.2 Å². The molecule has 0 saturated heterocycles. The molecule has 7 heteroatoms. The summed E-state index contributed by atoms with van der Waals surface area (Å²) < 4.78 is 0. The number of hydrogen-bond acceptors (Lipinski definition) is 5. The van der Waals surface area contributed by atoms with Crippen LogP contribution in [0.5, 0.6) is 0 Å². The van der Waals surface area contributed by atoms with E-state index in [1.807, 2.05) is 41.6 Å². The molecule has 0 fully saturated rings. The molecular formula is C18H15ClN4OS. The van der Waals surface area contributed by atoms with E-state index in [0.717, 1.165) is 17.3 Å². The fourth-order valence-electron chi connectivity index (χ4n) is 2.86. The third-order valence-corrected chi connectivity index (χ3v) is 5.29. The second kappa shape index (κ2) is 6.90. The number of fused-ring (bicyclic) bond motifs is 3. The van der Waals surface area contributed by atoms with Gasteiger partial charge < -0.3 is 5.32 Å². The minimum atomic E-state index is -0.126. The maximum Gasteiger partial charge on any atom is 0.234 e. The summed E-state index contributed by atoms with van der Waals surface area (Å²) in [6.45, 7) is 0. The highest BCUT2D eigenvalue weighted by Crippen LogP contribution is 2.40. The normalized spacial score (nSPS) is 17.7. The lowest BCUT2D eigenvalue weighted by molar-refractivity contribution is -0.113. The standard InChI is InChI=1S/C18H15ClN4OS/c19-13-6-2-4-8-15(13)21-17(24)11-25-18-22-14-7-3-1-5-12(14)16-9-10-20-23(16)18/h1-8,10,16H,9,11H2,(H,21,24). The first-order chi connectivity index (χ1) is 12.2. The number of hydrazone groups is 1. The Kier molecular flexibility index (Phi) is 4.46. The molecule has 0 radical (unpaired) electrons. The number of nitrogens with zero attached hydrogens (tertiary/aromatic N) is 3. The first kappa shape index (κ1) is 16.2. The molecule has 25 heavy (non-hydrogen) atoms. The average molecular weight is 371 g/mol. The second-order valence-electron chi connectivity index (χ2n) is 5.66. The lowest BCUT2D eigenvalue weighted by Gasteiger charge is -2.29. The number of anilines is 1. The van der Waals surface area contributed by atoms with Gasteiger partial charge in [-0.3, -0.25) is 4.79 Å². The van der Waals surface area contributed by atoms with E-state index in [1.54, 1.807) is 12.1 Å². The Hall–Kier alpha value is -2.31. The van der Waals surface area contributed by atoms with Crippen LogP contribution in [0.25, 0.3) is 0 Å². The number of carbonyl (C=O) groups excluding carboxylic acids is 1. The average Bonchev–Trinajstić information content (AvgIpc) is 3.12. The summed E-state index contributed by atoms with van der Waals surface area (Å²) in [4.78, 5) is 16.9. The summed E-state index contributed by atoms with van der Waals surface area (Å²) in [7, 11) is 0. The Bertz CT molecular complexity index is 883. The number of halogens is 1. The van der Waals surface area contributed by atoms with Crippen molar-refractivity contribution in [1.82, 2.24) is 5.01 Å². The van der Waals surface area contributed by atoms with Crippen LogP contribution >= 0.6 is 23.4 Å². The van der Waals surface area contributed by atoms with E-state index < -0.39 is 0 Å². The Labute approximate surface area is 154 Å². The van der Waals surface area contributed by atoms with Crippen molar-refractivity contribution >= 4 is 52.0 Å². The molecule has 2 aromatic rings. The zero-order chi connectivity index (χ0) is 17.2. The molecule has 0 aliphatic carbocycles. The molecule has 0 saturated carbocycles. The van der Waals surface area contributed by atoms with Gasteiger partial charge >= 0.3 is 0 Å². The number of nitrogens with one attached hydrogen (secondary N) is 1. The molecule has 1 amide bonds. The van der Waals surface area contributed by atoms with Crippen molar-refractivity contribution in [3.63, 3.8) is 0 Å². The fraction of sp³-hybridized carbons (Fsp3) is 0.167. The van der Waals surface area contributed by atoms with Crippen molar-refractivity contribution in [3.8, 4) is 0 Å². The monoisotopic (exact) mass is 370 g/mol. The van der Waals surface area contributed by atoms with Crippen LogP contribution in [0, 0.1) is 0 Å². The van der Waals surface area contributed by atoms with Crippen LogP contribution in [0.15, 0.2) is 58.6 Å². The van der Waals surface area contributed by atoms with Crippen LogP contribution in [-0.4, -0.2) is 28.1 Å². The molecular weight excluding hydrogens is 356 g/mol. The summed E-state index contributed by atoms with van der Waals surface area (Å²) in [5.74, 6) is 0.115. The van der Waals surface area contributed by atoms with E-state index >= 15 is 0 Å². The summed E-state index contributed by atoms with van der Waals surface area (Å²) in [5.41, 5.74) is 2.73. The Balaban J connectivity index is 1.47. The number of rotatable bonds is 3. The number of carbonyl (C=O) groups is 1. The number of para-hydroxylation sites is 2. The van der Waals surface area contributed by atoms with Crippen molar-refractivity contribution in [3.05, 3.63) is 59.1 Å². The molecule has 1 N–H and O–H groups in total. The predicted molar refractivity (Wildman–Crippen MR) is 104 cm³/mol. The largest absolute Gasteiger partial charge is 0.324 e. The number of benzene rings is 2. The molecule has 2 aromatic carbocycles. The minimum Gasteiger partial charge on any atom is -0.324 e.